The van der Waals surface area contributed by atoms with Gasteiger partial charge in [0.15, 0.2) is 0 Å². The minimum absolute atomic E-state index is 0.138. The zero-order valence-corrected chi connectivity index (χ0v) is 26.7. The van der Waals surface area contributed by atoms with E-state index in [0.29, 0.717) is 42.8 Å². The number of anilines is 1. The summed E-state index contributed by atoms with van der Waals surface area (Å²) in [6.07, 6.45) is 7.52. The van der Waals surface area contributed by atoms with Gasteiger partial charge in [0.25, 0.3) is 5.91 Å². The molecule has 240 valence electrons. The highest BCUT2D eigenvalue weighted by Crippen LogP contribution is 2.65. The van der Waals surface area contributed by atoms with E-state index >= 15 is 0 Å². The van der Waals surface area contributed by atoms with Gasteiger partial charge in [-0.1, -0.05) is 73.1 Å². The Bertz CT molecular complexity index is 1420. The molecule has 3 heterocycles. The Kier molecular flexibility index (Phi) is 10.2. The van der Waals surface area contributed by atoms with Gasteiger partial charge in [0, 0.05) is 6.54 Å². The van der Waals surface area contributed by atoms with Crippen LogP contribution in [0.5, 0.6) is 0 Å². The van der Waals surface area contributed by atoms with Crippen molar-refractivity contribution >= 4 is 35.1 Å². The Morgan fingerprint density at radius 1 is 1.13 bits per heavy atom. The first kappa shape index (κ1) is 32.9. The predicted octanol–water partition coefficient (Wildman–Crippen LogP) is 5.52. The monoisotopic (exact) mass is 634 g/mol. The molecule has 2 aromatic carbocycles. The standard InChI is InChI=1S/C36H43ClN2O6/c1-4-7-8-14-22-44-34(43)30-29-32(41)39(26(24-40)23-25-15-10-9-11-16-25)31(36(29)20-19-35(30,6-3)45-36)33(42)38(21-5-2)28-18-13-12-17-27(28)37/h4-5,9-13,15-18,26,29-31,40H,1-2,6-8,14,19-24H2,3H3/t26-,29+,30+,31?,35-,36?/m1/s1. The number of rotatable bonds is 15. The molecule has 0 aromatic heterocycles. The lowest BCUT2D eigenvalue weighted by atomic mass is 9.65. The molecular weight excluding hydrogens is 592 g/mol. The fourth-order valence-corrected chi connectivity index (χ4v) is 7.97. The number of benzene rings is 2. The average molecular weight is 635 g/mol. The molecule has 8 nitrogen and oxygen atoms in total. The van der Waals surface area contributed by atoms with Crippen LogP contribution < -0.4 is 4.90 Å². The van der Waals surface area contributed by atoms with Crippen molar-refractivity contribution in [3.05, 3.63) is 90.5 Å². The summed E-state index contributed by atoms with van der Waals surface area (Å²) in [6, 6.07) is 14.7. The molecule has 3 aliphatic rings. The number of para-hydroxylation sites is 1. The molecule has 0 saturated carbocycles. The summed E-state index contributed by atoms with van der Waals surface area (Å²) in [7, 11) is 0. The van der Waals surface area contributed by atoms with E-state index in [0.717, 1.165) is 18.4 Å². The van der Waals surface area contributed by atoms with Gasteiger partial charge in [0.2, 0.25) is 5.91 Å². The second-order valence-corrected chi connectivity index (χ2v) is 12.7. The number of nitrogens with zero attached hydrogens (tertiary/aromatic N) is 2. The topological polar surface area (TPSA) is 96.4 Å². The number of unbranched alkanes of at least 4 members (excludes halogenated alkanes) is 2. The van der Waals surface area contributed by atoms with Crippen LogP contribution in [-0.2, 0) is 30.3 Å². The lowest BCUT2D eigenvalue weighted by molar-refractivity contribution is -0.162. The molecule has 0 aliphatic carbocycles. The Hall–Kier alpha value is -3.46. The molecule has 2 amide bonds. The number of aliphatic hydroxyl groups excluding tert-OH is 1. The fourth-order valence-electron chi connectivity index (χ4n) is 7.73. The molecule has 2 bridgehead atoms. The zero-order chi connectivity index (χ0) is 32.2. The molecule has 3 saturated heterocycles. The van der Waals surface area contributed by atoms with Crippen molar-refractivity contribution in [3.8, 4) is 0 Å². The first-order valence-electron chi connectivity index (χ1n) is 15.9. The second kappa shape index (κ2) is 13.9. The number of hydrogen-bond donors (Lipinski definition) is 1. The SMILES string of the molecule is C=CCCCCOC(=O)[C@@H]1[C@H]2C(=O)N([C@@H](CO)Cc3ccccc3)C(C(=O)N(CC=C)c3ccccc3Cl)C23CC[C@@]1(CC)O3. The lowest BCUT2D eigenvalue weighted by Crippen LogP contribution is -2.59. The van der Waals surface area contributed by atoms with E-state index < -0.39 is 47.0 Å². The lowest BCUT2D eigenvalue weighted by Gasteiger charge is -2.39. The molecule has 3 aliphatic heterocycles. The van der Waals surface area contributed by atoms with Crippen LogP contribution in [0.1, 0.15) is 51.0 Å². The van der Waals surface area contributed by atoms with Gasteiger partial charge in [-0.3, -0.25) is 14.4 Å². The van der Waals surface area contributed by atoms with Crippen LogP contribution in [0.2, 0.25) is 5.02 Å². The van der Waals surface area contributed by atoms with E-state index in [-0.39, 0.29) is 25.7 Å². The first-order valence-corrected chi connectivity index (χ1v) is 16.3. The summed E-state index contributed by atoms with van der Waals surface area (Å²) in [6.45, 7) is 9.55. The van der Waals surface area contributed by atoms with Crippen LogP contribution >= 0.6 is 11.6 Å². The van der Waals surface area contributed by atoms with Crippen LogP contribution in [0.15, 0.2) is 79.9 Å². The number of hydrogen-bond acceptors (Lipinski definition) is 6. The number of halogens is 1. The molecule has 2 unspecified atom stereocenters. The molecular formula is C36H43ClN2O6. The van der Waals surface area contributed by atoms with E-state index in [1.165, 1.54) is 9.80 Å². The smallest absolute Gasteiger partial charge is 0.312 e. The molecule has 5 rings (SSSR count). The Morgan fingerprint density at radius 2 is 1.87 bits per heavy atom. The Balaban J connectivity index is 1.58. The van der Waals surface area contributed by atoms with Crippen molar-refractivity contribution in [2.45, 2.75) is 75.2 Å². The van der Waals surface area contributed by atoms with Gasteiger partial charge >= 0.3 is 5.97 Å². The number of likely N-dealkylation sites (tertiary alicyclic amines) is 1. The number of esters is 1. The van der Waals surface area contributed by atoms with E-state index in [2.05, 4.69) is 13.2 Å². The minimum atomic E-state index is -1.28. The maximum Gasteiger partial charge on any atom is 0.312 e. The number of fused-ring (bicyclic) bond motifs is 1. The second-order valence-electron chi connectivity index (χ2n) is 12.2. The van der Waals surface area contributed by atoms with Crippen molar-refractivity contribution in [2.75, 3.05) is 24.7 Å². The number of carbonyl (C=O) groups is 3. The first-order chi connectivity index (χ1) is 21.8. The molecule has 45 heavy (non-hydrogen) atoms. The van der Waals surface area contributed by atoms with Crippen molar-refractivity contribution in [3.63, 3.8) is 0 Å². The van der Waals surface area contributed by atoms with E-state index in [9.17, 15) is 19.5 Å². The number of aliphatic hydroxyl groups is 1. The minimum Gasteiger partial charge on any atom is -0.465 e. The molecule has 0 radical (unpaired) electrons. The van der Waals surface area contributed by atoms with Gasteiger partial charge in [-0.15, -0.1) is 13.2 Å². The van der Waals surface area contributed by atoms with Crippen molar-refractivity contribution in [2.24, 2.45) is 11.8 Å². The molecule has 1 spiro atoms. The van der Waals surface area contributed by atoms with Gasteiger partial charge in [-0.2, -0.15) is 0 Å². The van der Waals surface area contributed by atoms with E-state index in [1.807, 2.05) is 43.3 Å². The highest BCUT2D eigenvalue weighted by atomic mass is 35.5. The van der Waals surface area contributed by atoms with Crippen LogP contribution in [0.4, 0.5) is 5.69 Å². The number of amides is 2. The van der Waals surface area contributed by atoms with Crippen molar-refractivity contribution in [1.29, 1.82) is 0 Å². The van der Waals surface area contributed by atoms with Crippen LogP contribution in [0.25, 0.3) is 0 Å². The third kappa shape index (κ3) is 5.84. The Labute approximate surface area is 270 Å². The molecule has 3 fully saturated rings. The van der Waals surface area contributed by atoms with Gasteiger partial charge < -0.3 is 24.4 Å². The van der Waals surface area contributed by atoms with E-state index in [4.69, 9.17) is 21.1 Å². The number of carbonyl (C=O) groups excluding carboxylic acids is 3. The fraction of sp³-hybridized carbons (Fsp3) is 0.472. The largest absolute Gasteiger partial charge is 0.465 e. The number of ether oxygens (including phenoxy) is 2. The maximum absolute atomic E-state index is 14.9. The van der Waals surface area contributed by atoms with Gasteiger partial charge in [-0.05, 0) is 62.6 Å². The van der Waals surface area contributed by atoms with Crippen LogP contribution in [0, 0.1) is 11.8 Å². The van der Waals surface area contributed by atoms with Crippen LogP contribution in [-0.4, -0.2) is 70.8 Å². The summed E-state index contributed by atoms with van der Waals surface area (Å²) in [5.74, 6) is -3.03. The maximum atomic E-state index is 14.9. The summed E-state index contributed by atoms with van der Waals surface area (Å²) in [4.78, 5) is 46.6. The summed E-state index contributed by atoms with van der Waals surface area (Å²) >= 11 is 6.60. The van der Waals surface area contributed by atoms with Gasteiger partial charge in [-0.25, -0.2) is 0 Å². The van der Waals surface area contributed by atoms with Crippen molar-refractivity contribution < 1.29 is 29.0 Å². The van der Waals surface area contributed by atoms with E-state index in [1.54, 1.807) is 30.3 Å². The molecule has 2 aromatic rings. The highest BCUT2D eigenvalue weighted by Gasteiger charge is 2.79. The third-order valence-corrected chi connectivity index (χ3v) is 10.1. The van der Waals surface area contributed by atoms with Crippen molar-refractivity contribution in [1.82, 2.24) is 4.90 Å². The van der Waals surface area contributed by atoms with Gasteiger partial charge in [0.1, 0.15) is 17.6 Å². The quantitative estimate of drug-likeness (QED) is 0.158. The predicted molar refractivity (Wildman–Crippen MR) is 174 cm³/mol. The summed E-state index contributed by atoms with van der Waals surface area (Å²) in [5, 5.41) is 11.1. The zero-order valence-electron chi connectivity index (χ0n) is 25.9. The molecule has 6 atom stereocenters. The third-order valence-electron chi connectivity index (χ3n) is 9.79. The van der Waals surface area contributed by atoms with Gasteiger partial charge in [0.05, 0.1) is 41.5 Å². The normalized spacial score (nSPS) is 27.2. The molecule has 1 N–H and O–H groups in total. The number of allylic oxidation sites excluding steroid dienone is 1. The average Bonchev–Trinajstić information content (AvgIpc) is 3.66. The molecule has 9 heteroatoms. The Morgan fingerprint density at radius 3 is 2.53 bits per heavy atom. The summed E-state index contributed by atoms with van der Waals surface area (Å²) in [5.41, 5.74) is -0.815. The van der Waals surface area contributed by atoms with Crippen LogP contribution in [0.3, 0.4) is 0 Å². The highest BCUT2D eigenvalue weighted by molar-refractivity contribution is 6.34. The summed E-state index contributed by atoms with van der Waals surface area (Å²) < 4.78 is 12.7.